The molecule has 96 valence electrons. The molecule has 0 aliphatic carbocycles. The van der Waals surface area contributed by atoms with Crippen LogP contribution < -0.4 is 5.32 Å². The second-order valence-electron chi connectivity index (χ2n) is 3.62. The highest BCUT2D eigenvalue weighted by Gasteiger charge is 2.00. The lowest BCUT2D eigenvalue weighted by atomic mass is 10.2. The Balaban J connectivity index is 1.82. The van der Waals surface area contributed by atoms with Gasteiger partial charge in [0.05, 0.1) is 6.61 Å². The van der Waals surface area contributed by atoms with Gasteiger partial charge in [0.1, 0.15) is 6.33 Å². The van der Waals surface area contributed by atoms with Crippen molar-refractivity contribution in [3.63, 3.8) is 0 Å². The van der Waals surface area contributed by atoms with E-state index in [1.54, 1.807) is 25.2 Å². The Labute approximate surface area is 115 Å². The van der Waals surface area contributed by atoms with E-state index in [9.17, 15) is 0 Å². The van der Waals surface area contributed by atoms with E-state index in [1.807, 2.05) is 0 Å². The molecule has 18 heavy (non-hydrogen) atoms. The zero-order chi connectivity index (χ0) is 12.6. The lowest BCUT2D eigenvalue weighted by Crippen LogP contribution is -2.18. The topological polar surface area (TPSA) is 47.0 Å². The van der Waals surface area contributed by atoms with Gasteiger partial charge in [0.15, 0.2) is 4.34 Å². The minimum absolute atomic E-state index is 0.741. The summed E-state index contributed by atoms with van der Waals surface area (Å²) in [6.07, 6.45) is 1.58. The zero-order valence-corrected chi connectivity index (χ0v) is 11.8. The Kier molecular flexibility index (Phi) is 5.60. The number of benzene rings is 1. The molecule has 0 saturated carbocycles. The van der Waals surface area contributed by atoms with Crippen LogP contribution in [0.1, 0.15) is 5.56 Å². The second-order valence-corrected chi connectivity index (χ2v) is 5.72. The third-order valence-electron chi connectivity index (χ3n) is 2.28. The highest BCUT2D eigenvalue weighted by molar-refractivity contribution is 8.01. The van der Waals surface area contributed by atoms with Crippen LogP contribution in [0.5, 0.6) is 0 Å². The van der Waals surface area contributed by atoms with Gasteiger partial charge in [-0.25, -0.2) is 4.98 Å². The first-order valence-electron chi connectivity index (χ1n) is 5.61. The Bertz CT molecular complexity index is 445. The third kappa shape index (κ3) is 4.38. The highest BCUT2D eigenvalue weighted by Crippen LogP contribution is 2.27. The standard InChI is InChI=1S/C12H15N3OS2/c1-16-7-6-13-8-10-2-4-11(5-3-10)17-12-14-9-15-18-12/h2-5,9,13H,6-8H2,1H3. The largest absolute Gasteiger partial charge is 0.383 e. The molecule has 0 bridgehead atoms. The summed E-state index contributed by atoms with van der Waals surface area (Å²) in [5.74, 6) is 0. The molecule has 1 heterocycles. The van der Waals surface area contributed by atoms with Crippen molar-refractivity contribution in [2.75, 3.05) is 20.3 Å². The molecule has 1 aromatic carbocycles. The number of hydrogen-bond acceptors (Lipinski definition) is 6. The van der Waals surface area contributed by atoms with Crippen LogP contribution in [0.2, 0.25) is 0 Å². The molecule has 0 radical (unpaired) electrons. The highest BCUT2D eigenvalue weighted by atomic mass is 32.2. The van der Waals surface area contributed by atoms with Crippen molar-refractivity contribution in [3.8, 4) is 0 Å². The van der Waals surface area contributed by atoms with Gasteiger partial charge in [-0.15, -0.1) is 0 Å². The number of hydrogen-bond donors (Lipinski definition) is 1. The molecule has 4 nitrogen and oxygen atoms in total. The van der Waals surface area contributed by atoms with Crippen molar-refractivity contribution in [1.29, 1.82) is 0 Å². The fourth-order valence-corrected chi connectivity index (χ4v) is 2.81. The summed E-state index contributed by atoms with van der Waals surface area (Å²) < 4.78 is 9.93. The van der Waals surface area contributed by atoms with Crippen molar-refractivity contribution >= 4 is 23.3 Å². The van der Waals surface area contributed by atoms with Crippen molar-refractivity contribution < 1.29 is 4.74 Å². The molecule has 0 saturated heterocycles. The number of rotatable bonds is 7. The number of nitrogens with zero attached hydrogens (tertiary/aromatic N) is 2. The summed E-state index contributed by atoms with van der Waals surface area (Å²) in [5.41, 5.74) is 1.27. The van der Waals surface area contributed by atoms with Crippen LogP contribution in [0, 0.1) is 0 Å². The summed E-state index contributed by atoms with van der Waals surface area (Å²) in [6.45, 7) is 2.48. The van der Waals surface area contributed by atoms with Crippen molar-refractivity contribution in [2.45, 2.75) is 15.8 Å². The summed E-state index contributed by atoms with van der Waals surface area (Å²) in [5, 5.41) is 3.32. The fourth-order valence-electron chi connectivity index (χ4n) is 1.39. The maximum atomic E-state index is 4.98. The molecular formula is C12H15N3OS2. The lowest BCUT2D eigenvalue weighted by Gasteiger charge is -2.05. The van der Waals surface area contributed by atoms with E-state index in [0.29, 0.717) is 0 Å². The van der Waals surface area contributed by atoms with Crippen LogP contribution in [-0.2, 0) is 11.3 Å². The van der Waals surface area contributed by atoms with E-state index in [1.165, 1.54) is 22.0 Å². The predicted octanol–water partition coefficient (Wildman–Crippen LogP) is 2.43. The first-order chi connectivity index (χ1) is 8.88. The molecular weight excluding hydrogens is 266 g/mol. The maximum Gasteiger partial charge on any atom is 0.174 e. The summed E-state index contributed by atoms with van der Waals surface area (Å²) in [4.78, 5) is 5.34. The van der Waals surface area contributed by atoms with Gasteiger partial charge in [-0.05, 0) is 29.2 Å². The molecule has 0 aliphatic heterocycles. The molecule has 2 aromatic rings. The van der Waals surface area contributed by atoms with Crippen molar-refractivity contribution in [1.82, 2.24) is 14.7 Å². The maximum absolute atomic E-state index is 4.98. The average molecular weight is 281 g/mol. The Morgan fingerprint density at radius 1 is 1.33 bits per heavy atom. The summed E-state index contributed by atoms with van der Waals surface area (Å²) in [6, 6.07) is 8.48. The van der Waals surface area contributed by atoms with Crippen molar-refractivity contribution in [3.05, 3.63) is 36.2 Å². The minimum Gasteiger partial charge on any atom is -0.383 e. The first kappa shape index (κ1) is 13.5. The quantitative estimate of drug-likeness (QED) is 0.790. The monoisotopic (exact) mass is 281 g/mol. The van der Waals surface area contributed by atoms with Gasteiger partial charge in [0, 0.05) is 25.1 Å². The van der Waals surface area contributed by atoms with E-state index in [2.05, 4.69) is 38.9 Å². The van der Waals surface area contributed by atoms with Crippen LogP contribution in [0.25, 0.3) is 0 Å². The van der Waals surface area contributed by atoms with Gasteiger partial charge >= 0.3 is 0 Å². The Morgan fingerprint density at radius 3 is 2.83 bits per heavy atom. The normalized spacial score (nSPS) is 10.7. The molecule has 0 atom stereocenters. The van der Waals surface area contributed by atoms with Gasteiger partial charge in [0.2, 0.25) is 0 Å². The number of ether oxygens (including phenoxy) is 1. The van der Waals surface area contributed by atoms with Crippen LogP contribution in [0.15, 0.2) is 39.8 Å². The zero-order valence-electron chi connectivity index (χ0n) is 10.1. The van der Waals surface area contributed by atoms with Crippen LogP contribution in [0.4, 0.5) is 0 Å². The van der Waals surface area contributed by atoms with Gasteiger partial charge in [0.25, 0.3) is 0 Å². The fraction of sp³-hybridized carbons (Fsp3) is 0.333. The van der Waals surface area contributed by atoms with Crippen LogP contribution in [-0.4, -0.2) is 29.6 Å². The molecule has 0 spiro atoms. The van der Waals surface area contributed by atoms with Gasteiger partial charge in [-0.2, -0.15) is 4.37 Å². The first-order valence-corrected chi connectivity index (χ1v) is 7.20. The van der Waals surface area contributed by atoms with Gasteiger partial charge in [-0.1, -0.05) is 23.9 Å². The van der Waals surface area contributed by atoms with Crippen LogP contribution in [0.3, 0.4) is 0 Å². The number of methoxy groups -OCH3 is 1. The number of aromatic nitrogens is 2. The van der Waals surface area contributed by atoms with E-state index in [-0.39, 0.29) is 0 Å². The van der Waals surface area contributed by atoms with Crippen molar-refractivity contribution in [2.24, 2.45) is 0 Å². The number of nitrogens with one attached hydrogen (secondary N) is 1. The molecule has 1 aromatic heterocycles. The predicted molar refractivity (Wildman–Crippen MR) is 74.1 cm³/mol. The van der Waals surface area contributed by atoms with E-state index in [4.69, 9.17) is 4.74 Å². The SMILES string of the molecule is COCCNCc1ccc(Sc2ncns2)cc1. The van der Waals surface area contributed by atoms with E-state index >= 15 is 0 Å². The summed E-state index contributed by atoms with van der Waals surface area (Å²) in [7, 11) is 1.71. The molecule has 2 rings (SSSR count). The lowest BCUT2D eigenvalue weighted by molar-refractivity contribution is 0.199. The van der Waals surface area contributed by atoms with Gasteiger partial charge in [-0.3, -0.25) is 0 Å². The smallest absolute Gasteiger partial charge is 0.174 e. The molecule has 0 unspecified atom stereocenters. The Hall–Kier alpha value is -0.950. The van der Waals surface area contributed by atoms with Gasteiger partial charge < -0.3 is 10.1 Å². The minimum atomic E-state index is 0.741. The van der Waals surface area contributed by atoms with E-state index < -0.39 is 0 Å². The molecule has 1 N–H and O–H groups in total. The third-order valence-corrected chi connectivity index (χ3v) is 4.00. The Morgan fingerprint density at radius 2 is 2.17 bits per heavy atom. The molecule has 0 aliphatic rings. The second kappa shape index (κ2) is 7.48. The molecule has 0 amide bonds. The summed E-state index contributed by atoms with van der Waals surface area (Å²) >= 11 is 3.06. The molecule has 6 heteroatoms. The van der Waals surface area contributed by atoms with Crippen LogP contribution >= 0.6 is 23.3 Å². The average Bonchev–Trinajstić information content (AvgIpc) is 2.89. The molecule has 0 fully saturated rings. The van der Waals surface area contributed by atoms with E-state index in [0.717, 1.165) is 24.0 Å².